The van der Waals surface area contributed by atoms with E-state index in [0.29, 0.717) is 11.1 Å². The number of nitro benzene ring substituents is 1. The minimum atomic E-state index is -1.35. The van der Waals surface area contributed by atoms with Gasteiger partial charge in [-0.25, -0.2) is 4.79 Å². The topological polar surface area (TPSA) is 175 Å². The molecular weight excluding hydrogens is 480 g/mol. The first-order valence-corrected chi connectivity index (χ1v) is 11.2. The first-order chi connectivity index (χ1) is 17.7. The number of phenolic OH excluding ortho intramolecular Hbond substituents is 1. The number of carboxylic acid groups (broad SMARTS) is 1. The number of nitrogens with one attached hydrogen (secondary N) is 3. The molecule has 11 nitrogen and oxygen atoms in total. The normalized spacial score (nSPS) is 11.6. The van der Waals surface area contributed by atoms with E-state index in [4.69, 9.17) is 0 Å². The quantitative estimate of drug-likeness (QED) is 0.173. The van der Waals surface area contributed by atoms with Crippen LogP contribution in [0.1, 0.15) is 31.8 Å². The molecule has 3 aromatic carbocycles. The van der Waals surface area contributed by atoms with Gasteiger partial charge in [0.1, 0.15) is 17.4 Å². The van der Waals surface area contributed by atoms with Crippen LogP contribution in [-0.4, -0.2) is 43.9 Å². The first kappa shape index (κ1) is 24.9. The van der Waals surface area contributed by atoms with Crippen LogP contribution in [-0.2, 0) is 17.8 Å². The number of carbonyl (C=O) groups is 3. The molecule has 0 fully saturated rings. The zero-order chi connectivity index (χ0) is 26.5. The summed E-state index contributed by atoms with van der Waals surface area (Å²) in [6.45, 7) is 0.0669. The van der Waals surface area contributed by atoms with E-state index >= 15 is 0 Å². The molecule has 0 saturated heterocycles. The van der Waals surface area contributed by atoms with Gasteiger partial charge >= 0.3 is 5.97 Å². The fourth-order valence-electron chi connectivity index (χ4n) is 3.92. The van der Waals surface area contributed by atoms with Crippen molar-refractivity contribution in [3.05, 3.63) is 105 Å². The number of amides is 2. The molecule has 1 heterocycles. The standard InChI is InChI=1S/C26H22N4O7/c31-18-5-3-4-15(10-18)13-28-24(32)16-8-9-20(23(12-16)30(36)37)25(33)29-22(26(34)35)11-17-14-27-21-7-2-1-6-19(17)21/h1-10,12,14,22,27,31H,11,13H2,(H,28,32)(H,29,33)(H,34,35)/t22-/m0/s1. The molecule has 4 aromatic rings. The zero-order valence-electron chi connectivity index (χ0n) is 19.3. The van der Waals surface area contributed by atoms with Gasteiger partial charge in [-0.15, -0.1) is 0 Å². The van der Waals surface area contributed by atoms with E-state index in [1.54, 1.807) is 24.4 Å². The molecule has 0 aliphatic carbocycles. The van der Waals surface area contributed by atoms with Crippen molar-refractivity contribution in [3.8, 4) is 5.75 Å². The third-order valence-electron chi connectivity index (χ3n) is 5.77. The van der Waals surface area contributed by atoms with Gasteiger partial charge in [-0.1, -0.05) is 30.3 Å². The van der Waals surface area contributed by atoms with Gasteiger partial charge in [-0.2, -0.15) is 0 Å². The maximum absolute atomic E-state index is 12.9. The smallest absolute Gasteiger partial charge is 0.326 e. The van der Waals surface area contributed by atoms with E-state index in [-0.39, 0.29) is 29.8 Å². The van der Waals surface area contributed by atoms with Crippen molar-refractivity contribution in [1.29, 1.82) is 0 Å². The van der Waals surface area contributed by atoms with Crippen molar-refractivity contribution < 1.29 is 29.5 Å². The van der Waals surface area contributed by atoms with Gasteiger partial charge in [-0.3, -0.25) is 19.7 Å². The molecule has 5 N–H and O–H groups in total. The Hall–Kier alpha value is -5.19. The number of benzene rings is 3. The van der Waals surface area contributed by atoms with Crippen molar-refractivity contribution in [1.82, 2.24) is 15.6 Å². The van der Waals surface area contributed by atoms with E-state index < -0.39 is 34.4 Å². The molecule has 0 bridgehead atoms. The number of aromatic nitrogens is 1. The number of aromatic amines is 1. The molecule has 4 rings (SSSR count). The molecule has 188 valence electrons. The second kappa shape index (κ2) is 10.6. The van der Waals surface area contributed by atoms with Crippen LogP contribution >= 0.6 is 0 Å². The predicted octanol–water partition coefficient (Wildman–Crippen LogP) is 3.14. The van der Waals surface area contributed by atoms with E-state index in [1.807, 2.05) is 18.2 Å². The van der Waals surface area contributed by atoms with Gasteiger partial charge in [-0.05, 0) is 41.5 Å². The summed E-state index contributed by atoms with van der Waals surface area (Å²) in [5, 5.41) is 36.6. The summed E-state index contributed by atoms with van der Waals surface area (Å²) in [4.78, 5) is 51.2. The van der Waals surface area contributed by atoms with Gasteiger partial charge in [0.25, 0.3) is 17.5 Å². The summed E-state index contributed by atoms with van der Waals surface area (Å²) in [6.07, 6.45) is 1.60. The van der Waals surface area contributed by atoms with Crippen LogP contribution in [0.15, 0.2) is 72.9 Å². The number of hydrogen-bond acceptors (Lipinski definition) is 6. The van der Waals surface area contributed by atoms with Gasteiger partial charge in [0.2, 0.25) is 0 Å². The van der Waals surface area contributed by atoms with Crippen molar-refractivity contribution in [2.24, 2.45) is 0 Å². The number of aromatic hydroxyl groups is 1. The van der Waals surface area contributed by atoms with Crippen LogP contribution in [0.3, 0.4) is 0 Å². The molecule has 11 heteroatoms. The Kier molecular flexibility index (Phi) is 7.14. The van der Waals surface area contributed by atoms with Crippen molar-refractivity contribution >= 4 is 34.4 Å². The number of aliphatic carboxylic acids is 1. The van der Waals surface area contributed by atoms with Gasteiger partial charge in [0.15, 0.2) is 0 Å². The summed E-state index contributed by atoms with van der Waals surface area (Å²) >= 11 is 0. The second-order valence-corrected chi connectivity index (χ2v) is 8.27. The molecular formula is C26H22N4O7. The first-order valence-electron chi connectivity index (χ1n) is 11.2. The lowest BCUT2D eigenvalue weighted by Gasteiger charge is -2.15. The van der Waals surface area contributed by atoms with Crippen LogP contribution in [0.2, 0.25) is 0 Å². The van der Waals surface area contributed by atoms with Crippen LogP contribution in [0.5, 0.6) is 5.75 Å². The average molecular weight is 502 g/mol. The third-order valence-corrected chi connectivity index (χ3v) is 5.77. The summed E-state index contributed by atoms with van der Waals surface area (Å²) in [5.74, 6) is -2.85. The molecule has 0 radical (unpaired) electrons. The number of carbonyl (C=O) groups excluding carboxylic acids is 2. The SMILES string of the molecule is O=C(NCc1cccc(O)c1)c1ccc(C(=O)N[C@@H](Cc2c[nH]c3ccccc23)C(=O)O)c([N+](=O)[O-])c1. The highest BCUT2D eigenvalue weighted by Gasteiger charge is 2.27. The van der Waals surface area contributed by atoms with Crippen LogP contribution in [0.25, 0.3) is 10.9 Å². The van der Waals surface area contributed by atoms with Gasteiger partial charge < -0.3 is 25.8 Å². The summed E-state index contributed by atoms with van der Waals surface area (Å²) < 4.78 is 0. The molecule has 0 unspecified atom stereocenters. The van der Waals surface area contributed by atoms with Crippen molar-refractivity contribution in [2.75, 3.05) is 0 Å². The largest absolute Gasteiger partial charge is 0.508 e. The lowest BCUT2D eigenvalue weighted by Crippen LogP contribution is -2.42. The molecule has 2 amide bonds. The second-order valence-electron chi connectivity index (χ2n) is 8.27. The monoisotopic (exact) mass is 502 g/mol. The van der Waals surface area contributed by atoms with Gasteiger partial charge in [0.05, 0.1) is 4.92 Å². The fourth-order valence-corrected chi connectivity index (χ4v) is 3.92. The molecule has 0 aliphatic rings. The maximum Gasteiger partial charge on any atom is 0.326 e. The number of hydrogen-bond donors (Lipinski definition) is 5. The highest BCUT2D eigenvalue weighted by Crippen LogP contribution is 2.22. The van der Waals surface area contributed by atoms with Crippen LogP contribution in [0, 0.1) is 10.1 Å². The molecule has 0 aliphatic heterocycles. The molecule has 1 aromatic heterocycles. The Morgan fingerprint density at radius 2 is 1.78 bits per heavy atom. The lowest BCUT2D eigenvalue weighted by molar-refractivity contribution is -0.385. The number of para-hydroxylation sites is 1. The predicted molar refractivity (Wildman–Crippen MR) is 133 cm³/mol. The summed E-state index contributed by atoms with van der Waals surface area (Å²) in [5.41, 5.74) is 1.02. The number of rotatable bonds is 9. The summed E-state index contributed by atoms with van der Waals surface area (Å²) in [7, 11) is 0. The maximum atomic E-state index is 12.9. The Bertz CT molecular complexity index is 1510. The van der Waals surface area contributed by atoms with Crippen LogP contribution < -0.4 is 10.6 Å². The van der Waals surface area contributed by atoms with Crippen molar-refractivity contribution in [3.63, 3.8) is 0 Å². The number of carboxylic acids is 1. The number of nitro groups is 1. The molecule has 0 saturated carbocycles. The third kappa shape index (κ3) is 5.73. The summed E-state index contributed by atoms with van der Waals surface area (Å²) in [6, 6.07) is 15.5. The van der Waals surface area contributed by atoms with E-state index in [0.717, 1.165) is 23.0 Å². The number of fused-ring (bicyclic) bond motifs is 1. The molecule has 1 atom stereocenters. The number of H-pyrrole nitrogens is 1. The highest BCUT2D eigenvalue weighted by molar-refractivity contribution is 6.02. The minimum absolute atomic E-state index is 0.0297. The highest BCUT2D eigenvalue weighted by atomic mass is 16.6. The minimum Gasteiger partial charge on any atom is -0.508 e. The Balaban J connectivity index is 1.51. The number of phenols is 1. The Morgan fingerprint density at radius 1 is 1.00 bits per heavy atom. The lowest BCUT2D eigenvalue weighted by atomic mass is 10.0. The Labute approximate surface area is 209 Å². The van der Waals surface area contributed by atoms with E-state index in [2.05, 4.69) is 15.6 Å². The molecule has 0 spiro atoms. The van der Waals surface area contributed by atoms with E-state index in [9.17, 15) is 34.7 Å². The molecule has 37 heavy (non-hydrogen) atoms. The van der Waals surface area contributed by atoms with Gasteiger partial charge in [0, 0.05) is 41.7 Å². The zero-order valence-corrected chi connectivity index (χ0v) is 19.3. The van der Waals surface area contributed by atoms with Crippen molar-refractivity contribution in [2.45, 2.75) is 19.0 Å². The van der Waals surface area contributed by atoms with E-state index in [1.165, 1.54) is 18.2 Å². The average Bonchev–Trinajstić information content (AvgIpc) is 3.29. The number of nitrogens with zero attached hydrogens (tertiary/aromatic N) is 1. The Morgan fingerprint density at radius 3 is 2.51 bits per heavy atom. The van der Waals surface area contributed by atoms with Crippen LogP contribution in [0.4, 0.5) is 5.69 Å². The fraction of sp³-hybridized carbons (Fsp3) is 0.115.